The quantitative estimate of drug-likeness (QED) is 0.648. The van der Waals surface area contributed by atoms with Crippen LogP contribution in [0.1, 0.15) is 18.4 Å². The molecular formula is C21H27N3O6S2. The van der Waals surface area contributed by atoms with E-state index in [4.69, 9.17) is 4.74 Å². The molecule has 1 amide bonds. The fraction of sp³-hybridized carbons (Fsp3) is 0.381. The normalized spacial score (nSPS) is 17.5. The van der Waals surface area contributed by atoms with Gasteiger partial charge < -0.3 is 10.1 Å². The lowest BCUT2D eigenvalue weighted by Gasteiger charge is -2.24. The lowest BCUT2D eigenvalue weighted by Crippen LogP contribution is -2.43. The van der Waals surface area contributed by atoms with Gasteiger partial charge in [0.1, 0.15) is 11.8 Å². The molecular weight excluding hydrogens is 454 g/mol. The number of ether oxygens (including phenoxy) is 1. The Labute approximate surface area is 189 Å². The second kappa shape index (κ2) is 9.18. The highest BCUT2D eigenvalue weighted by atomic mass is 32.2. The van der Waals surface area contributed by atoms with Crippen molar-refractivity contribution in [2.24, 2.45) is 0 Å². The summed E-state index contributed by atoms with van der Waals surface area (Å²) >= 11 is 0. The molecule has 0 spiro atoms. The van der Waals surface area contributed by atoms with Crippen molar-refractivity contribution in [3.8, 4) is 5.75 Å². The van der Waals surface area contributed by atoms with Crippen LogP contribution in [0.4, 0.5) is 5.69 Å². The van der Waals surface area contributed by atoms with Gasteiger partial charge in [-0.15, -0.1) is 0 Å². The van der Waals surface area contributed by atoms with E-state index in [9.17, 15) is 21.6 Å². The van der Waals surface area contributed by atoms with Gasteiger partial charge in [-0.05, 0) is 50.1 Å². The Balaban J connectivity index is 1.90. The van der Waals surface area contributed by atoms with Crippen molar-refractivity contribution in [1.82, 2.24) is 8.61 Å². The maximum atomic E-state index is 13.1. The summed E-state index contributed by atoms with van der Waals surface area (Å²) in [6.45, 7) is 2.08. The Hall–Kier alpha value is -2.47. The van der Waals surface area contributed by atoms with Crippen LogP contribution < -0.4 is 10.1 Å². The maximum absolute atomic E-state index is 13.1. The number of carbonyl (C=O) groups is 1. The number of aryl methyl sites for hydroxylation is 1. The molecule has 1 saturated heterocycles. The second-order valence-corrected chi connectivity index (χ2v) is 11.8. The average molecular weight is 482 g/mol. The first-order valence-corrected chi connectivity index (χ1v) is 12.9. The van der Waals surface area contributed by atoms with Crippen molar-refractivity contribution in [2.75, 3.05) is 33.1 Å². The van der Waals surface area contributed by atoms with E-state index < -0.39 is 32.0 Å². The Morgan fingerprint density at radius 1 is 1.06 bits per heavy atom. The molecule has 1 N–H and O–H groups in total. The molecule has 0 aromatic heterocycles. The predicted octanol–water partition coefficient (Wildman–Crippen LogP) is 2.05. The Morgan fingerprint density at radius 2 is 1.69 bits per heavy atom. The van der Waals surface area contributed by atoms with Crippen molar-refractivity contribution in [3.05, 3.63) is 48.0 Å². The minimum Gasteiger partial charge on any atom is -0.495 e. The van der Waals surface area contributed by atoms with E-state index in [2.05, 4.69) is 5.32 Å². The molecule has 1 aliphatic heterocycles. The number of rotatable bonds is 7. The molecule has 174 valence electrons. The molecule has 11 heteroatoms. The SMILES string of the molecule is COc1ccc(S(=O)(=O)N(C)C)cc1NC(=O)[C@@H]1CCCN1S(=O)(=O)c1ccc(C)cc1. The molecule has 0 saturated carbocycles. The number of amides is 1. The van der Waals surface area contributed by atoms with Crippen LogP contribution in [-0.2, 0) is 24.8 Å². The lowest BCUT2D eigenvalue weighted by molar-refractivity contribution is -0.119. The summed E-state index contributed by atoms with van der Waals surface area (Å²) in [6, 6.07) is 9.68. The van der Waals surface area contributed by atoms with Gasteiger partial charge >= 0.3 is 0 Å². The molecule has 0 radical (unpaired) electrons. The van der Waals surface area contributed by atoms with Gasteiger partial charge in [0.25, 0.3) is 0 Å². The number of hydrogen-bond donors (Lipinski definition) is 1. The molecule has 32 heavy (non-hydrogen) atoms. The van der Waals surface area contributed by atoms with Crippen molar-refractivity contribution < 1.29 is 26.4 Å². The van der Waals surface area contributed by atoms with Crippen LogP contribution in [0, 0.1) is 6.92 Å². The first-order chi connectivity index (χ1) is 15.0. The van der Waals surface area contributed by atoms with Crippen LogP contribution in [0.2, 0.25) is 0 Å². The van der Waals surface area contributed by atoms with Gasteiger partial charge in [0.15, 0.2) is 0 Å². The minimum absolute atomic E-state index is 0.0193. The second-order valence-electron chi connectivity index (χ2n) is 7.73. The third-order valence-corrected chi connectivity index (χ3v) is 9.07. The molecule has 3 rings (SSSR count). The van der Waals surface area contributed by atoms with Crippen LogP contribution >= 0.6 is 0 Å². The fourth-order valence-corrected chi connectivity index (χ4v) is 6.09. The number of carbonyl (C=O) groups excluding carboxylic acids is 1. The smallest absolute Gasteiger partial charge is 0.243 e. The molecule has 0 aliphatic carbocycles. The Kier molecular flexibility index (Phi) is 6.94. The summed E-state index contributed by atoms with van der Waals surface area (Å²) in [5, 5.41) is 2.66. The molecule has 1 heterocycles. The zero-order chi connectivity index (χ0) is 23.7. The van der Waals surface area contributed by atoms with E-state index in [0.29, 0.717) is 12.8 Å². The fourth-order valence-electron chi connectivity index (χ4n) is 3.51. The molecule has 9 nitrogen and oxygen atoms in total. The van der Waals surface area contributed by atoms with E-state index in [0.717, 1.165) is 9.87 Å². The number of nitrogens with one attached hydrogen (secondary N) is 1. The average Bonchev–Trinajstić information content (AvgIpc) is 3.25. The number of methoxy groups -OCH3 is 1. The Morgan fingerprint density at radius 3 is 2.28 bits per heavy atom. The van der Waals surface area contributed by atoms with Crippen molar-refractivity contribution in [2.45, 2.75) is 35.6 Å². The highest BCUT2D eigenvalue weighted by Gasteiger charge is 2.39. The van der Waals surface area contributed by atoms with Crippen LogP contribution in [0.5, 0.6) is 5.75 Å². The standard InChI is InChI=1S/C21H27N3O6S2/c1-15-7-9-16(10-8-15)32(28,29)24-13-5-6-19(24)21(25)22-18-14-17(11-12-20(18)30-4)31(26,27)23(2)3/h7-12,14,19H,5-6,13H2,1-4H3,(H,22,25)/t19-/m0/s1. The zero-order valence-electron chi connectivity index (χ0n) is 18.4. The van der Waals surface area contributed by atoms with Crippen LogP contribution in [0.25, 0.3) is 0 Å². The summed E-state index contributed by atoms with van der Waals surface area (Å²) in [5.41, 5.74) is 1.08. The zero-order valence-corrected chi connectivity index (χ0v) is 20.0. The largest absolute Gasteiger partial charge is 0.495 e. The highest BCUT2D eigenvalue weighted by molar-refractivity contribution is 7.89. The van der Waals surface area contributed by atoms with Gasteiger partial charge in [-0.25, -0.2) is 21.1 Å². The minimum atomic E-state index is -3.86. The van der Waals surface area contributed by atoms with Gasteiger partial charge in [-0.3, -0.25) is 4.79 Å². The van der Waals surface area contributed by atoms with Crippen molar-refractivity contribution >= 4 is 31.6 Å². The number of hydrogen-bond acceptors (Lipinski definition) is 6. The molecule has 1 fully saturated rings. The predicted molar refractivity (Wildman–Crippen MR) is 121 cm³/mol. The van der Waals surface area contributed by atoms with E-state index >= 15 is 0 Å². The molecule has 1 aliphatic rings. The van der Waals surface area contributed by atoms with E-state index in [-0.39, 0.29) is 27.8 Å². The number of sulfonamides is 2. The molecule has 1 atom stereocenters. The molecule has 2 aromatic carbocycles. The number of anilines is 1. The third-order valence-electron chi connectivity index (χ3n) is 5.34. The summed E-state index contributed by atoms with van der Waals surface area (Å²) in [4.78, 5) is 13.2. The maximum Gasteiger partial charge on any atom is 0.243 e. The number of benzene rings is 2. The summed E-state index contributed by atoms with van der Waals surface area (Å²) in [5.74, 6) is -0.280. The van der Waals surface area contributed by atoms with Crippen LogP contribution in [0.3, 0.4) is 0 Å². The summed E-state index contributed by atoms with van der Waals surface area (Å²) < 4.78 is 58.7. The van der Waals surface area contributed by atoms with E-state index in [1.807, 2.05) is 6.92 Å². The highest BCUT2D eigenvalue weighted by Crippen LogP contribution is 2.31. The third kappa shape index (κ3) is 4.65. The van der Waals surface area contributed by atoms with Crippen molar-refractivity contribution in [3.63, 3.8) is 0 Å². The van der Waals surface area contributed by atoms with Gasteiger partial charge in [0.2, 0.25) is 26.0 Å². The van der Waals surface area contributed by atoms with Crippen LogP contribution in [0.15, 0.2) is 52.3 Å². The van der Waals surface area contributed by atoms with Crippen LogP contribution in [-0.4, -0.2) is 65.1 Å². The molecule has 0 unspecified atom stereocenters. The van der Waals surface area contributed by atoms with Gasteiger partial charge in [0.05, 0.1) is 22.6 Å². The van der Waals surface area contributed by atoms with Crippen molar-refractivity contribution in [1.29, 1.82) is 0 Å². The van der Waals surface area contributed by atoms with Gasteiger partial charge in [-0.1, -0.05) is 17.7 Å². The van der Waals surface area contributed by atoms with E-state index in [1.54, 1.807) is 12.1 Å². The molecule has 0 bridgehead atoms. The summed E-state index contributed by atoms with van der Waals surface area (Å²) in [6.07, 6.45) is 0.893. The number of nitrogens with zero attached hydrogens (tertiary/aromatic N) is 2. The topological polar surface area (TPSA) is 113 Å². The summed E-state index contributed by atoms with van der Waals surface area (Å²) in [7, 11) is -3.38. The van der Waals surface area contributed by atoms with E-state index in [1.165, 1.54) is 55.8 Å². The van der Waals surface area contributed by atoms with Gasteiger partial charge in [0, 0.05) is 20.6 Å². The monoisotopic (exact) mass is 481 g/mol. The Bertz CT molecular complexity index is 1210. The lowest BCUT2D eigenvalue weighted by atomic mass is 10.2. The first-order valence-electron chi connectivity index (χ1n) is 9.98. The van der Waals surface area contributed by atoms with Gasteiger partial charge in [-0.2, -0.15) is 4.31 Å². The first kappa shape index (κ1) is 24.2. The molecule has 2 aromatic rings.